The molecule has 19 heavy (non-hydrogen) atoms. The van der Waals surface area contributed by atoms with Crippen LogP contribution in [0, 0.1) is 13.8 Å². The Morgan fingerprint density at radius 2 is 2.16 bits per heavy atom. The lowest BCUT2D eigenvalue weighted by Gasteiger charge is -2.08. The number of rotatable bonds is 2. The van der Waals surface area contributed by atoms with Gasteiger partial charge in [-0.15, -0.1) is 0 Å². The summed E-state index contributed by atoms with van der Waals surface area (Å²) in [6.45, 7) is 3.73. The van der Waals surface area contributed by atoms with Gasteiger partial charge in [0.05, 0.1) is 22.6 Å². The van der Waals surface area contributed by atoms with Crippen molar-refractivity contribution in [1.29, 1.82) is 0 Å². The number of hydrogen-bond acceptors (Lipinski definition) is 5. The molecule has 7 nitrogen and oxygen atoms in total. The van der Waals surface area contributed by atoms with Crippen LogP contribution in [-0.4, -0.2) is 24.1 Å². The number of nitrogen functional groups attached to an aromatic ring is 1. The second-order valence-electron chi connectivity index (χ2n) is 4.15. The molecule has 3 rings (SSSR count). The second-order valence-corrected chi connectivity index (χ2v) is 4.53. The van der Waals surface area contributed by atoms with E-state index in [1.54, 1.807) is 17.1 Å². The van der Waals surface area contributed by atoms with Crippen molar-refractivity contribution >= 4 is 23.1 Å². The van der Waals surface area contributed by atoms with Crippen molar-refractivity contribution in [2.24, 2.45) is 5.84 Å². The van der Waals surface area contributed by atoms with E-state index in [9.17, 15) is 0 Å². The summed E-state index contributed by atoms with van der Waals surface area (Å²) in [7, 11) is 0. The van der Waals surface area contributed by atoms with Crippen molar-refractivity contribution in [3.05, 3.63) is 35.0 Å². The molecule has 0 atom stereocenters. The van der Waals surface area contributed by atoms with Gasteiger partial charge in [0, 0.05) is 12.4 Å². The zero-order valence-corrected chi connectivity index (χ0v) is 11.2. The summed E-state index contributed by atoms with van der Waals surface area (Å²) in [5.74, 6) is 6.52. The maximum absolute atomic E-state index is 6.17. The summed E-state index contributed by atoms with van der Waals surface area (Å²) in [4.78, 5) is 8.68. The van der Waals surface area contributed by atoms with Crippen LogP contribution in [-0.2, 0) is 0 Å². The maximum Gasteiger partial charge on any atom is 0.199 e. The number of imidazole rings is 1. The van der Waals surface area contributed by atoms with Gasteiger partial charge in [-0.3, -0.25) is 0 Å². The summed E-state index contributed by atoms with van der Waals surface area (Å²) in [6, 6.07) is 0. The molecule has 0 aliphatic carbocycles. The van der Waals surface area contributed by atoms with E-state index in [0.29, 0.717) is 22.3 Å². The first-order valence-electron chi connectivity index (χ1n) is 5.64. The Balaban J connectivity index is 2.34. The van der Waals surface area contributed by atoms with Crippen molar-refractivity contribution in [2.45, 2.75) is 13.8 Å². The van der Waals surface area contributed by atoms with Crippen molar-refractivity contribution < 1.29 is 0 Å². The van der Waals surface area contributed by atoms with E-state index in [2.05, 4.69) is 20.5 Å². The normalized spacial score (nSPS) is 11.2. The zero-order chi connectivity index (χ0) is 13.6. The number of nitrogens with zero attached hydrogens (tertiary/aromatic N) is 5. The Morgan fingerprint density at radius 1 is 1.37 bits per heavy atom. The lowest BCUT2D eigenvalue weighted by Crippen LogP contribution is -2.13. The van der Waals surface area contributed by atoms with Crippen molar-refractivity contribution in [3.8, 4) is 5.82 Å². The molecule has 0 aliphatic rings. The highest BCUT2D eigenvalue weighted by atomic mass is 35.5. The van der Waals surface area contributed by atoms with Gasteiger partial charge in [-0.25, -0.2) is 20.5 Å². The molecule has 8 heteroatoms. The molecule has 0 saturated heterocycles. The highest BCUT2D eigenvalue weighted by molar-refractivity contribution is 6.31. The van der Waals surface area contributed by atoms with Crippen LogP contribution in [0.3, 0.4) is 0 Å². The Bertz CT molecular complexity index is 758. The van der Waals surface area contributed by atoms with E-state index in [-0.39, 0.29) is 0 Å². The van der Waals surface area contributed by atoms with Gasteiger partial charge in [-0.05, 0) is 13.8 Å². The fourth-order valence-corrected chi connectivity index (χ4v) is 2.07. The third-order valence-electron chi connectivity index (χ3n) is 2.91. The Labute approximate surface area is 114 Å². The van der Waals surface area contributed by atoms with Crippen molar-refractivity contribution in [1.82, 2.24) is 24.1 Å². The molecular weight excluding hydrogens is 266 g/mol. The molecule has 3 aromatic heterocycles. The minimum Gasteiger partial charge on any atom is -0.307 e. The smallest absolute Gasteiger partial charge is 0.199 e. The number of hydrogen-bond donors (Lipinski definition) is 2. The Hall–Kier alpha value is -2.12. The number of halogens is 1. The van der Waals surface area contributed by atoms with Crippen molar-refractivity contribution in [3.63, 3.8) is 0 Å². The van der Waals surface area contributed by atoms with Crippen molar-refractivity contribution in [2.75, 3.05) is 5.43 Å². The average molecular weight is 278 g/mol. The highest BCUT2D eigenvalue weighted by Crippen LogP contribution is 2.23. The molecule has 0 saturated carbocycles. The molecule has 0 aliphatic heterocycles. The quantitative estimate of drug-likeness (QED) is 0.547. The molecule has 98 valence electrons. The van der Waals surface area contributed by atoms with Crippen LogP contribution in [0.4, 0.5) is 5.82 Å². The van der Waals surface area contributed by atoms with Gasteiger partial charge in [0.25, 0.3) is 0 Å². The Kier molecular flexibility index (Phi) is 2.65. The number of aromatic nitrogens is 5. The molecular formula is C11H12ClN7. The minimum absolute atomic E-state index is 0.518. The Morgan fingerprint density at radius 3 is 2.79 bits per heavy atom. The molecule has 3 aromatic rings. The molecule has 0 bridgehead atoms. The van der Waals surface area contributed by atoms with Crippen LogP contribution in [0.25, 0.3) is 11.5 Å². The van der Waals surface area contributed by atoms with Gasteiger partial charge < -0.3 is 9.83 Å². The topological polar surface area (TPSA) is 86.1 Å². The van der Waals surface area contributed by atoms with E-state index < -0.39 is 0 Å². The largest absolute Gasteiger partial charge is 0.307 e. The predicted octanol–water partition coefficient (Wildman–Crippen LogP) is 1.47. The first-order chi connectivity index (χ1) is 9.11. The number of nitrogens with two attached hydrogens (primary N) is 1. The molecule has 0 aromatic carbocycles. The number of fused-ring (bicyclic) bond motifs is 1. The van der Waals surface area contributed by atoms with Crippen LogP contribution in [0.1, 0.15) is 11.4 Å². The fourth-order valence-electron chi connectivity index (χ4n) is 1.96. The average Bonchev–Trinajstić information content (AvgIpc) is 2.98. The third kappa shape index (κ3) is 1.74. The zero-order valence-electron chi connectivity index (χ0n) is 10.4. The van der Waals surface area contributed by atoms with Gasteiger partial charge in [-0.2, -0.15) is 5.10 Å². The molecule has 0 amide bonds. The minimum atomic E-state index is 0.518. The van der Waals surface area contributed by atoms with Gasteiger partial charge in [-0.1, -0.05) is 11.6 Å². The molecule has 0 unspecified atom stereocenters. The van der Waals surface area contributed by atoms with E-state index in [1.165, 1.54) is 0 Å². The molecule has 0 spiro atoms. The standard InChI is InChI=1S/C11H12ClN7/c1-6-9(12)7(2)19(17-6)11-10-14-3-4-18(10)5-8(15-11)16-13/h3-5,16H,13H2,1-2H3. The number of aryl methyl sites for hydroxylation is 1. The second kappa shape index (κ2) is 4.22. The first kappa shape index (κ1) is 11.9. The van der Waals surface area contributed by atoms with Crippen LogP contribution in [0.15, 0.2) is 18.6 Å². The van der Waals surface area contributed by atoms with E-state index in [0.717, 1.165) is 11.4 Å². The van der Waals surface area contributed by atoms with Gasteiger partial charge in [0.15, 0.2) is 17.3 Å². The van der Waals surface area contributed by atoms with Crippen LogP contribution in [0.2, 0.25) is 5.02 Å². The summed E-state index contributed by atoms with van der Waals surface area (Å²) in [6.07, 6.45) is 5.25. The van der Waals surface area contributed by atoms with Crippen LogP contribution < -0.4 is 11.3 Å². The predicted molar refractivity (Wildman–Crippen MR) is 72.4 cm³/mol. The third-order valence-corrected chi connectivity index (χ3v) is 3.45. The monoisotopic (exact) mass is 277 g/mol. The van der Waals surface area contributed by atoms with E-state index in [4.69, 9.17) is 17.4 Å². The summed E-state index contributed by atoms with van der Waals surface area (Å²) in [5, 5.41) is 5.01. The van der Waals surface area contributed by atoms with Crippen LogP contribution >= 0.6 is 11.6 Å². The lowest BCUT2D eigenvalue weighted by atomic mass is 10.4. The van der Waals surface area contributed by atoms with Gasteiger partial charge in [0.1, 0.15) is 0 Å². The molecule has 3 N–H and O–H groups in total. The van der Waals surface area contributed by atoms with Gasteiger partial charge in [0.2, 0.25) is 0 Å². The summed E-state index contributed by atoms with van der Waals surface area (Å²) >= 11 is 6.17. The molecule has 0 radical (unpaired) electrons. The number of anilines is 1. The van der Waals surface area contributed by atoms with E-state index >= 15 is 0 Å². The maximum atomic E-state index is 6.17. The molecule has 3 heterocycles. The first-order valence-corrected chi connectivity index (χ1v) is 6.02. The van der Waals surface area contributed by atoms with E-state index in [1.807, 2.05) is 24.4 Å². The fraction of sp³-hybridized carbons (Fsp3) is 0.182. The highest BCUT2D eigenvalue weighted by Gasteiger charge is 2.16. The van der Waals surface area contributed by atoms with Gasteiger partial charge >= 0.3 is 0 Å². The number of hydrazine groups is 1. The number of nitrogens with one attached hydrogen (secondary N) is 1. The van der Waals surface area contributed by atoms with Crippen LogP contribution in [0.5, 0.6) is 0 Å². The SMILES string of the molecule is Cc1nn(-c2nc(NN)cn3ccnc23)c(C)c1Cl. The lowest BCUT2D eigenvalue weighted by molar-refractivity contribution is 0.803. The summed E-state index contributed by atoms with van der Waals surface area (Å²) < 4.78 is 3.49. The molecule has 0 fully saturated rings. The summed E-state index contributed by atoms with van der Waals surface area (Å²) in [5.41, 5.74) is 4.77.